The lowest BCUT2D eigenvalue weighted by atomic mass is 9.82. The molecule has 2 rings (SSSR count). The van der Waals surface area contributed by atoms with Gasteiger partial charge in [-0.1, -0.05) is 91.9 Å². The number of nitrogens with zero attached hydrogens (tertiary/aromatic N) is 1. The number of carbonyl (C=O) groups is 11. The van der Waals surface area contributed by atoms with Crippen molar-refractivity contribution in [3.05, 3.63) is 18.2 Å². The number of thiol groups is 1. The van der Waals surface area contributed by atoms with E-state index in [1.54, 1.807) is 13.8 Å². The summed E-state index contributed by atoms with van der Waals surface area (Å²) in [7, 11) is 0. The van der Waals surface area contributed by atoms with Crippen molar-refractivity contribution < 1.29 is 57.8 Å². The molecular weight excluding hydrogens is 1230 g/mol. The first-order valence-electron chi connectivity index (χ1n) is 34.2. The van der Waals surface area contributed by atoms with E-state index in [4.69, 9.17) is 22.9 Å². The highest BCUT2D eigenvalue weighted by Gasteiger charge is 2.42. The highest BCUT2D eigenvalue weighted by atomic mass is 32.2. The third kappa shape index (κ3) is 31.9. The van der Waals surface area contributed by atoms with E-state index >= 15 is 4.79 Å². The molecule has 16 N–H and O–H groups in total. The van der Waals surface area contributed by atoms with Crippen LogP contribution in [0.4, 0.5) is 0 Å². The molecule has 0 radical (unpaired) electrons. The summed E-state index contributed by atoms with van der Waals surface area (Å²) in [6.45, 7) is 14.1. The number of Topliss-reactive ketones (excluding diaryl/α,β-unsaturated/α-hetero) is 4. The van der Waals surface area contributed by atoms with E-state index in [1.165, 1.54) is 24.3 Å². The fourth-order valence-electron chi connectivity index (χ4n) is 11.5. The SMILES string of the molecule is CSCC[C@@H]1CC(=O)[C@@](C)(NC(=O)[C@H](CS)CC(=O)[C@H](CC(=O)O)NC(=O)[C@H](Cc2cnc[nH]2)NC(=O)[C@@H](N)CC(C)C)CCCCCCCCCC[C@@](C)(C(=O)C[C@@H](CCCCN)C(=O)N[C@H](C)C(C)C)NC(=O)[C@H](CCCCN)CC(=O)[C@H](CCCCN)NC1=O. The number of carbonyl (C=O) groups excluding carboxylic acids is 10. The van der Waals surface area contributed by atoms with Crippen molar-refractivity contribution in [1.29, 1.82) is 0 Å². The van der Waals surface area contributed by atoms with Gasteiger partial charge in [0.1, 0.15) is 6.04 Å². The van der Waals surface area contributed by atoms with Crippen molar-refractivity contribution in [3.8, 4) is 0 Å². The highest BCUT2D eigenvalue weighted by molar-refractivity contribution is 7.98. The van der Waals surface area contributed by atoms with Crippen LogP contribution in [0.1, 0.15) is 221 Å². The van der Waals surface area contributed by atoms with Gasteiger partial charge in [-0.3, -0.25) is 52.7 Å². The van der Waals surface area contributed by atoms with E-state index in [2.05, 4.69) is 54.5 Å². The molecule has 0 saturated carbocycles. The summed E-state index contributed by atoms with van der Waals surface area (Å²) in [6.07, 6.45) is 13.4. The van der Waals surface area contributed by atoms with Crippen molar-refractivity contribution in [3.63, 3.8) is 0 Å². The summed E-state index contributed by atoms with van der Waals surface area (Å²) in [5.74, 6) is -10.3. The van der Waals surface area contributed by atoms with Gasteiger partial charge in [0.05, 0.1) is 47.9 Å². The second kappa shape index (κ2) is 45.2. The van der Waals surface area contributed by atoms with E-state index in [0.29, 0.717) is 108 Å². The quantitative estimate of drug-likeness (QED) is 0.0291. The Balaban J connectivity index is 2.63. The smallest absolute Gasteiger partial charge is 0.305 e. The Morgan fingerprint density at radius 2 is 1.29 bits per heavy atom. The van der Waals surface area contributed by atoms with Crippen LogP contribution in [0.3, 0.4) is 0 Å². The number of imidazole rings is 1. The molecular formula is C67H118N12O12S2. The lowest BCUT2D eigenvalue weighted by Crippen LogP contribution is -2.56. The van der Waals surface area contributed by atoms with E-state index in [1.807, 2.05) is 40.9 Å². The first-order chi connectivity index (χ1) is 44.1. The Bertz CT molecular complexity index is 2490. The van der Waals surface area contributed by atoms with Gasteiger partial charge in [0.25, 0.3) is 0 Å². The molecule has 0 unspecified atom stereocenters. The van der Waals surface area contributed by atoms with E-state index in [0.717, 1.165) is 32.1 Å². The number of aromatic nitrogens is 2. The fraction of sp³-hybridized carbons (Fsp3) is 0.791. The molecule has 0 aliphatic carbocycles. The molecule has 6 amide bonds. The minimum atomic E-state index is -1.65. The highest BCUT2D eigenvalue weighted by Crippen LogP contribution is 2.29. The minimum absolute atomic E-state index is 0.0523. The fourth-order valence-corrected chi connectivity index (χ4v) is 12.4. The van der Waals surface area contributed by atoms with Crippen LogP contribution in [0.2, 0.25) is 0 Å². The number of nitrogens with two attached hydrogens (primary N) is 4. The summed E-state index contributed by atoms with van der Waals surface area (Å²) < 4.78 is 0. The van der Waals surface area contributed by atoms with Gasteiger partial charge >= 0.3 is 5.97 Å². The molecule has 1 aromatic heterocycles. The summed E-state index contributed by atoms with van der Waals surface area (Å²) >= 11 is 5.90. The number of hydrogen-bond acceptors (Lipinski definition) is 18. The van der Waals surface area contributed by atoms with Crippen LogP contribution in [0.15, 0.2) is 12.5 Å². The third-order valence-corrected chi connectivity index (χ3v) is 19.1. The Kier molecular flexibility index (Phi) is 40.7. The number of thioether (sulfide) groups is 1. The van der Waals surface area contributed by atoms with Gasteiger partial charge in [-0.25, -0.2) is 4.98 Å². The minimum Gasteiger partial charge on any atom is -0.481 e. The van der Waals surface area contributed by atoms with Gasteiger partial charge in [-0.15, -0.1) is 0 Å². The average molecular weight is 1350 g/mol. The zero-order chi connectivity index (χ0) is 69.7. The van der Waals surface area contributed by atoms with Crippen LogP contribution in [0.5, 0.6) is 0 Å². The number of carboxylic acid groups (broad SMARTS) is 1. The molecule has 24 nitrogen and oxygen atoms in total. The number of rotatable bonds is 37. The maximum Gasteiger partial charge on any atom is 0.305 e. The maximum absolute atomic E-state index is 15.1. The number of ketones is 4. The summed E-state index contributed by atoms with van der Waals surface area (Å²) in [6, 6.07) is -5.15. The molecule has 93 heavy (non-hydrogen) atoms. The van der Waals surface area contributed by atoms with E-state index in [9.17, 15) is 53.1 Å². The Labute approximate surface area is 563 Å². The Morgan fingerprint density at radius 3 is 1.86 bits per heavy atom. The zero-order valence-corrected chi connectivity index (χ0v) is 58.9. The lowest BCUT2D eigenvalue weighted by molar-refractivity contribution is -0.141. The van der Waals surface area contributed by atoms with Crippen molar-refractivity contribution in [2.45, 2.75) is 263 Å². The van der Waals surface area contributed by atoms with Crippen LogP contribution in [-0.2, 0) is 59.2 Å². The van der Waals surface area contributed by atoms with Gasteiger partial charge in [0.15, 0.2) is 23.1 Å². The van der Waals surface area contributed by atoms with Crippen LogP contribution in [0, 0.1) is 35.5 Å². The van der Waals surface area contributed by atoms with Crippen LogP contribution < -0.4 is 54.8 Å². The van der Waals surface area contributed by atoms with Crippen LogP contribution in [-0.4, -0.2) is 158 Å². The van der Waals surface area contributed by atoms with Gasteiger partial charge in [0, 0.05) is 73.5 Å². The molecule has 1 aromatic rings. The number of hydrogen-bond donors (Lipinski definition) is 13. The molecule has 0 bridgehead atoms. The number of amides is 6. The standard InChI is InChI=1S/C67H118N12O12S2/c1-43(2)33-51(71)64(90)77-54(38-50-40-72-42-73-50)65(91)76-53(39-59(84)85)56(81)35-49(41-92)63(89)79-67(7)28-19-14-12-10-9-11-13-18-27-66(6,57(82)36-47(24-16-21-30-69)60(86)74-45(5)44(3)4)78-62(88)46(23-15-20-29-68)34-55(80)52(25-17-22-31-70)75-61(87)48(26-32-93-8)37-58(67)83/h40,42-49,51-54,92H,9-39,41,68-71H2,1-8H3,(H,72,73)(H,74,86)(H,75,87)(H,76,91)(H,77,90)(H,78,88)(H,79,89)(H,84,85)/t45-,46-,47-,48-,49+,51+,52+,53+,54+,66+,67+/m1/s1. The topological polar surface area (TPSA) is 413 Å². The number of aliphatic carboxylic acids is 1. The molecule has 11 atom stereocenters. The number of unbranched alkanes of at least 4 members (excludes halogenated alkanes) is 3. The molecule has 530 valence electrons. The van der Waals surface area contributed by atoms with Gasteiger partial charge in [0.2, 0.25) is 35.4 Å². The normalized spacial score (nSPS) is 22.3. The average Bonchev–Trinajstić information content (AvgIpc) is 1.11. The summed E-state index contributed by atoms with van der Waals surface area (Å²) in [5.41, 5.74) is 21.3. The first-order valence-corrected chi connectivity index (χ1v) is 36.2. The predicted octanol–water partition coefficient (Wildman–Crippen LogP) is 5.45. The molecule has 0 aromatic carbocycles. The molecule has 26 heteroatoms. The monoisotopic (exact) mass is 1350 g/mol. The molecule has 1 aliphatic rings. The predicted molar refractivity (Wildman–Crippen MR) is 367 cm³/mol. The van der Waals surface area contributed by atoms with Gasteiger partial charge < -0.3 is 64.9 Å². The lowest BCUT2D eigenvalue weighted by Gasteiger charge is -2.33. The maximum atomic E-state index is 15.1. The Hall–Kier alpha value is -5.28. The van der Waals surface area contributed by atoms with Crippen LogP contribution >= 0.6 is 24.4 Å². The number of H-pyrrole nitrogens is 1. The third-order valence-electron chi connectivity index (χ3n) is 18.1. The molecule has 1 fully saturated rings. The number of aromatic amines is 1. The second-order valence-electron chi connectivity index (χ2n) is 27.0. The van der Waals surface area contributed by atoms with Crippen molar-refractivity contribution >= 4 is 88.9 Å². The van der Waals surface area contributed by atoms with Crippen molar-refractivity contribution in [1.82, 2.24) is 41.9 Å². The molecule has 2 heterocycles. The van der Waals surface area contributed by atoms with Crippen molar-refractivity contribution in [2.24, 2.45) is 58.4 Å². The largest absolute Gasteiger partial charge is 0.481 e. The molecule has 1 aliphatic heterocycles. The van der Waals surface area contributed by atoms with Crippen LogP contribution in [0.25, 0.3) is 0 Å². The Morgan fingerprint density at radius 1 is 0.699 bits per heavy atom. The van der Waals surface area contributed by atoms with Gasteiger partial charge in [-0.05, 0) is 135 Å². The molecule has 0 spiro atoms. The van der Waals surface area contributed by atoms with E-state index < -0.39 is 125 Å². The summed E-state index contributed by atoms with van der Waals surface area (Å²) in [5, 5.41) is 27.2. The van der Waals surface area contributed by atoms with Crippen molar-refractivity contribution in [2.75, 3.05) is 37.4 Å². The zero-order valence-electron chi connectivity index (χ0n) is 57.2. The van der Waals surface area contributed by atoms with E-state index in [-0.39, 0.29) is 86.7 Å². The number of carboxylic acids is 1. The molecule has 1 saturated heterocycles. The van der Waals surface area contributed by atoms with Gasteiger partial charge in [-0.2, -0.15) is 24.4 Å². The summed E-state index contributed by atoms with van der Waals surface area (Å²) in [4.78, 5) is 163. The first kappa shape index (κ1) is 83.8. The number of nitrogens with one attached hydrogen (secondary N) is 7. The second-order valence-corrected chi connectivity index (χ2v) is 28.4.